The van der Waals surface area contributed by atoms with Gasteiger partial charge in [0.2, 0.25) is 0 Å². The normalized spacial score (nSPS) is 14.0. The predicted octanol–water partition coefficient (Wildman–Crippen LogP) is 3.31. The lowest BCUT2D eigenvalue weighted by atomic mass is 10.1. The summed E-state index contributed by atoms with van der Waals surface area (Å²) in [6.07, 6.45) is 8.52. The molecule has 0 atom stereocenters. The van der Waals surface area contributed by atoms with Crippen LogP contribution < -0.4 is 10.6 Å². The Morgan fingerprint density at radius 1 is 0.944 bits per heavy atom. The third-order valence-electron chi connectivity index (χ3n) is 6.32. The molecular weight excluding hydrogens is 459 g/mol. The predicted molar refractivity (Wildman–Crippen MR) is 133 cm³/mol. The number of H-pyrrole nitrogens is 2. The highest BCUT2D eigenvalue weighted by molar-refractivity contribution is 5.97. The number of hydrogen-bond donors (Lipinski definition) is 3. The molecule has 11 heteroatoms. The van der Waals surface area contributed by atoms with E-state index in [2.05, 4.69) is 35.0 Å². The molecule has 0 unspecified atom stereocenters. The minimum Gasteiger partial charge on any atom is -0.352 e. The molecule has 6 heterocycles. The molecule has 7 rings (SSSR count). The molecule has 1 fully saturated rings. The lowest BCUT2D eigenvalue weighted by Crippen LogP contribution is -2.56. The van der Waals surface area contributed by atoms with Crippen molar-refractivity contribution in [3.8, 4) is 34.0 Å². The molecule has 1 saturated heterocycles. The number of fused-ring (bicyclic) bond motifs is 2. The molecule has 1 aliphatic heterocycles. The van der Waals surface area contributed by atoms with E-state index < -0.39 is 0 Å². The smallest absolute Gasteiger partial charge is 0.159 e. The number of hydrogen-bond acceptors (Lipinski definition) is 8. The number of benzene rings is 1. The van der Waals surface area contributed by atoms with Crippen LogP contribution in [-0.4, -0.2) is 59.2 Å². The third-order valence-corrected chi connectivity index (χ3v) is 6.32. The topological polar surface area (TPSA) is 138 Å². The van der Waals surface area contributed by atoms with Gasteiger partial charge in [-0.15, -0.1) is 0 Å². The zero-order valence-corrected chi connectivity index (χ0v) is 18.9. The Morgan fingerprint density at radius 2 is 1.83 bits per heavy atom. The minimum atomic E-state index is -0.317. The van der Waals surface area contributed by atoms with Crippen LogP contribution >= 0.6 is 0 Å². The van der Waals surface area contributed by atoms with Crippen molar-refractivity contribution in [1.29, 1.82) is 0 Å². The second-order valence-corrected chi connectivity index (χ2v) is 8.79. The Balaban J connectivity index is 1.31. The largest absolute Gasteiger partial charge is 0.352 e. The number of halogens is 1. The van der Waals surface area contributed by atoms with Crippen molar-refractivity contribution in [2.45, 2.75) is 6.04 Å². The van der Waals surface area contributed by atoms with Crippen LogP contribution in [0, 0.1) is 5.82 Å². The van der Waals surface area contributed by atoms with Gasteiger partial charge in [-0.25, -0.2) is 14.4 Å². The average molecular weight is 478 g/mol. The van der Waals surface area contributed by atoms with Crippen LogP contribution in [-0.2, 0) is 0 Å². The summed E-state index contributed by atoms with van der Waals surface area (Å²) >= 11 is 0. The van der Waals surface area contributed by atoms with E-state index in [-0.39, 0.29) is 11.9 Å². The Kier molecular flexibility index (Phi) is 4.51. The Bertz CT molecular complexity index is 1750. The first-order chi connectivity index (χ1) is 17.6. The van der Waals surface area contributed by atoms with Crippen LogP contribution in [0.15, 0.2) is 61.3 Å². The summed E-state index contributed by atoms with van der Waals surface area (Å²) in [5.41, 5.74) is 11.5. The van der Waals surface area contributed by atoms with Crippen LogP contribution in [0.3, 0.4) is 0 Å². The number of aromatic amines is 2. The van der Waals surface area contributed by atoms with Crippen LogP contribution in [0.5, 0.6) is 0 Å². The summed E-state index contributed by atoms with van der Waals surface area (Å²) in [7, 11) is 0. The van der Waals surface area contributed by atoms with Gasteiger partial charge in [0.25, 0.3) is 0 Å². The van der Waals surface area contributed by atoms with Gasteiger partial charge in [0.05, 0.1) is 47.0 Å². The molecule has 1 aromatic carbocycles. The average Bonchev–Trinajstić information content (AvgIpc) is 3.50. The molecule has 0 spiro atoms. The lowest BCUT2D eigenvalue weighted by molar-refractivity contribution is 0.514. The molecule has 36 heavy (non-hydrogen) atoms. The van der Waals surface area contributed by atoms with Gasteiger partial charge >= 0.3 is 0 Å². The maximum absolute atomic E-state index is 13.9. The van der Waals surface area contributed by atoms with E-state index in [0.717, 1.165) is 40.9 Å². The van der Waals surface area contributed by atoms with E-state index in [9.17, 15) is 4.39 Å². The second-order valence-electron chi connectivity index (χ2n) is 8.79. The molecule has 4 N–H and O–H groups in total. The molecule has 0 radical (unpaired) electrons. The van der Waals surface area contributed by atoms with Gasteiger partial charge in [-0.3, -0.25) is 20.1 Å². The minimum absolute atomic E-state index is 0.166. The Morgan fingerprint density at radius 3 is 2.69 bits per heavy atom. The molecule has 10 nitrogen and oxygen atoms in total. The fourth-order valence-electron chi connectivity index (χ4n) is 4.48. The van der Waals surface area contributed by atoms with Crippen LogP contribution in [0.25, 0.3) is 56.0 Å². The van der Waals surface area contributed by atoms with Crippen molar-refractivity contribution in [2.24, 2.45) is 5.73 Å². The van der Waals surface area contributed by atoms with Crippen molar-refractivity contribution in [2.75, 3.05) is 18.0 Å². The van der Waals surface area contributed by atoms with E-state index >= 15 is 0 Å². The number of pyridine rings is 2. The summed E-state index contributed by atoms with van der Waals surface area (Å²) in [4.78, 5) is 28.1. The van der Waals surface area contributed by atoms with Gasteiger partial charge in [-0.2, -0.15) is 5.10 Å². The van der Waals surface area contributed by atoms with E-state index in [4.69, 9.17) is 15.7 Å². The molecular formula is C25H19FN10. The summed E-state index contributed by atoms with van der Waals surface area (Å²) in [6, 6.07) is 8.46. The van der Waals surface area contributed by atoms with Gasteiger partial charge in [-0.1, -0.05) is 12.1 Å². The fraction of sp³-hybridized carbons (Fsp3) is 0.120. The van der Waals surface area contributed by atoms with E-state index in [1.807, 2.05) is 12.1 Å². The maximum Gasteiger partial charge on any atom is 0.159 e. The van der Waals surface area contributed by atoms with E-state index in [0.29, 0.717) is 34.0 Å². The zero-order valence-electron chi connectivity index (χ0n) is 18.9. The molecule has 6 aromatic rings. The first kappa shape index (κ1) is 20.6. The van der Waals surface area contributed by atoms with Crippen molar-refractivity contribution in [3.63, 3.8) is 0 Å². The SMILES string of the molecule is NC1CN(c2cncc(-c3cc4c(-c5nc6c(-c7cccc(F)c7)cncc6[nH]5)n[nH]c4cn3)n2)C1. The first-order valence-corrected chi connectivity index (χ1v) is 11.4. The number of aromatic nitrogens is 8. The van der Waals surface area contributed by atoms with Gasteiger partial charge in [0.1, 0.15) is 23.0 Å². The highest BCUT2D eigenvalue weighted by Gasteiger charge is 2.25. The van der Waals surface area contributed by atoms with Crippen LogP contribution in [0.1, 0.15) is 0 Å². The number of imidazole rings is 1. The monoisotopic (exact) mass is 478 g/mol. The standard InChI is InChI=1S/C25H19FN10/c26-14-3-1-2-13(4-14)17-6-28-8-21-23(17)33-25(32-21)24-16-5-18(30-9-19(16)34-35-24)20-7-29-10-22(31-20)36-11-15(27)12-36/h1-10,15H,11-12,27H2,(H,32,33)(H,34,35). The highest BCUT2D eigenvalue weighted by Crippen LogP contribution is 2.32. The van der Waals surface area contributed by atoms with Crippen LogP contribution in [0.4, 0.5) is 10.2 Å². The van der Waals surface area contributed by atoms with E-state index in [1.165, 1.54) is 12.1 Å². The maximum atomic E-state index is 13.9. The van der Waals surface area contributed by atoms with Crippen molar-refractivity contribution < 1.29 is 4.39 Å². The number of nitrogens with one attached hydrogen (secondary N) is 2. The van der Waals surface area contributed by atoms with Crippen LogP contribution in [0.2, 0.25) is 0 Å². The summed E-state index contributed by atoms with van der Waals surface area (Å²) in [5, 5.41) is 8.34. The van der Waals surface area contributed by atoms with Gasteiger partial charge in [0, 0.05) is 36.3 Å². The third kappa shape index (κ3) is 3.36. The second kappa shape index (κ2) is 7.89. The summed E-state index contributed by atoms with van der Waals surface area (Å²) < 4.78 is 13.9. The molecule has 1 aliphatic rings. The molecule has 176 valence electrons. The molecule has 0 bridgehead atoms. The molecule has 0 aliphatic carbocycles. The lowest BCUT2D eigenvalue weighted by Gasteiger charge is -2.37. The van der Waals surface area contributed by atoms with Gasteiger partial charge in [-0.05, 0) is 23.8 Å². The Labute approximate surface area is 203 Å². The van der Waals surface area contributed by atoms with Gasteiger partial charge in [0.15, 0.2) is 5.82 Å². The zero-order chi connectivity index (χ0) is 24.2. The number of rotatable bonds is 4. The summed E-state index contributed by atoms with van der Waals surface area (Å²) in [5.74, 6) is 1.02. The molecule has 5 aromatic heterocycles. The number of nitrogens with two attached hydrogens (primary N) is 1. The Hall–Kier alpha value is -4.77. The fourth-order valence-corrected chi connectivity index (χ4v) is 4.48. The number of anilines is 1. The molecule has 0 saturated carbocycles. The van der Waals surface area contributed by atoms with Crippen molar-refractivity contribution >= 4 is 27.8 Å². The molecule has 0 amide bonds. The van der Waals surface area contributed by atoms with Crippen molar-refractivity contribution in [1.82, 2.24) is 40.1 Å². The quantitative estimate of drug-likeness (QED) is 0.351. The summed E-state index contributed by atoms with van der Waals surface area (Å²) in [6.45, 7) is 1.52. The van der Waals surface area contributed by atoms with E-state index in [1.54, 1.807) is 37.1 Å². The van der Waals surface area contributed by atoms with Crippen molar-refractivity contribution in [3.05, 3.63) is 67.1 Å². The first-order valence-electron chi connectivity index (χ1n) is 11.4. The number of nitrogens with zero attached hydrogens (tertiary/aromatic N) is 7. The highest BCUT2D eigenvalue weighted by atomic mass is 19.1. The van der Waals surface area contributed by atoms with Gasteiger partial charge < -0.3 is 15.6 Å².